The minimum atomic E-state index is -0.960. The van der Waals surface area contributed by atoms with E-state index in [4.69, 9.17) is 9.47 Å². The third-order valence-electron chi connectivity index (χ3n) is 5.10. The molecule has 0 aliphatic carbocycles. The molecule has 4 rings (SSSR count). The van der Waals surface area contributed by atoms with Gasteiger partial charge in [0.25, 0.3) is 5.91 Å². The van der Waals surface area contributed by atoms with Gasteiger partial charge in [0.05, 0.1) is 13.2 Å². The molecule has 0 spiro atoms. The molecule has 0 bridgehead atoms. The SMILES string of the molecule is CC(OC(=O)c1ccc(-c2ccc(F)cc2)s1)C(=O)Nc1ccc(N2CCOCC2)cc1. The van der Waals surface area contributed by atoms with Crippen molar-refractivity contribution in [2.24, 2.45) is 0 Å². The van der Waals surface area contributed by atoms with Gasteiger partial charge in [-0.15, -0.1) is 11.3 Å². The fourth-order valence-electron chi connectivity index (χ4n) is 3.31. The first-order valence-corrected chi connectivity index (χ1v) is 11.1. The maximum absolute atomic E-state index is 13.1. The second-order valence-corrected chi connectivity index (χ2v) is 8.44. The summed E-state index contributed by atoms with van der Waals surface area (Å²) in [6.45, 7) is 4.62. The Balaban J connectivity index is 1.32. The Kier molecular flexibility index (Phi) is 6.82. The largest absolute Gasteiger partial charge is 0.448 e. The summed E-state index contributed by atoms with van der Waals surface area (Å²) in [7, 11) is 0. The van der Waals surface area contributed by atoms with Gasteiger partial charge in [0.1, 0.15) is 10.7 Å². The van der Waals surface area contributed by atoms with E-state index < -0.39 is 18.0 Å². The fourth-order valence-corrected chi connectivity index (χ4v) is 4.20. The van der Waals surface area contributed by atoms with Gasteiger partial charge in [0.2, 0.25) is 0 Å². The Bertz CT molecular complexity index is 1080. The van der Waals surface area contributed by atoms with Crippen molar-refractivity contribution >= 4 is 34.6 Å². The Morgan fingerprint density at radius 3 is 2.41 bits per heavy atom. The Labute approximate surface area is 189 Å². The van der Waals surface area contributed by atoms with E-state index in [1.54, 1.807) is 24.3 Å². The summed E-state index contributed by atoms with van der Waals surface area (Å²) >= 11 is 1.23. The van der Waals surface area contributed by atoms with Crippen LogP contribution in [-0.2, 0) is 14.3 Å². The summed E-state index contributed by atoms with van der Waals surface area (Å²) in [6.07, 6.45) is -0.960. The Morgan fingerprint density at radius 1 is 1.03 bits per heavy atom. The van der Waals surface area contributed by atoms with Gasteiger partial charge in [-0.05, 0) is 61.0 Å². The second-order valence-electron chi connectivity index (χ2n) is 7.35. The van der Waals surface area contributed by atoms with Crippen molar-refractivity contribution in [1.82, 2.24) is 0 Å². The number of rotatable bonds is 6. The van der Waals surface area contributed by atoms with Crippen LogP contribution in [0.1, 0.15) is 16.6 Å². The number of esters is 1. The molecule has 3 aromatic rings. The number of ether oxygens (including phenoxy) is 2. The molecule has 0 saturated carbocycles. The highest BCUT2D eigenvalue weighted by Gasteiger charge is 2.21. The number of anilines is 2. The number of morpholine rings is 1. The van der Waals surface area contributed by atoms with Crippen molar-refractivity contribution in [3.63, 3.8) is 0 Å². The minimum Gasteiger partial charge on any atom is -0.448 e. The monoisotopic (exact) mass is 454 g/mol. The molecule has 2 heterocycles. The maximum Gasteiger partial charge on any atom is 0.349 e. The zero-order chi connectivity index (χ0) is 22.5. The lowest BCUT2D eigenvalue weighted by Gasteiger charge is -2.28. The van der Waals surface area contributed by atoms with E-state index in [9.17, 15) is 14.0 Å². The van der Waals surface area contributed by atoms with Crippen LogP contribution in [0.15, 0.2) is 60.7 Å². The smallest absolute Gasteiger partial charge is 0.349 e. The summed E-state index contributed by atoms with van der Waals surface area (Å²) in [5.41, 5.74) is 2.51. The van der Waals surface area contributed by atoms with Crippen molar-refractivity contribution in [1.29, 1.82) is 0 Å². The van der Waals surface area contributed by atoms with E-state index >= 15 is 0 Å². The highest BCUT2D eigenvalue weighted by atomic mass is 32.1. The number of carbonyl (C=O) groups excluding carboxylic acids is 2. The maximum atomic E-state index is 13.1. The molecule has 1 aliphatic heterocycles. The van der Waals surface area contributed by atoms with Gasteiger partial charge in [0.15, 0.2) is 6.10 Å². The molecule has 1 aromatic heterocycles. The molecule has 1 atom stereocenters. The fraction of sp³-hybridized carbons (Fsp3) is 0.250. The van der Waals surface area contributed by atoms with Gasteiger partial charge in [-0.2, -0.15) is 0 Å². The van der Waals surface area contributed by atoms with Crippen LogP contribution in [0.2, 0.25) is 0 Å². The third-order valence-corrected chi connectivity index (χ3v) is 6.21. The summed E-state index contributed by atoms with van der Waals surface area (Å²) in [4.78, 5) is 28.4. The third kappa shape index (κ3) is 5.33. The molecular formula is C24H23FN2O4S. The van der Waals surface area contributed by atoms with Gasteiger partial charge in [-0.1, -0.05) is 12.1 Å². The quantitative estimate of drug-likeness (QED) is 0.553. The van der Waals surface area contributed by atoms with Crippen molar-refractivity contribution < 1.29 is 23.5 Å². The van der Waals surface area contributed by atoms with Crippen LogP contribution in [0, 0.1) is 5.82 Å². The molecule has 166 valence electrons. The lowest BCUT2D eigenvalue weighted by molar-refractivity contribution is -0.123. The van der Waals surface area contributed by atoms with Crippen molar-refractivity contribution in [3.05, 3.63) is 71.4 Å². The Morgan fingerprint density at radius 2 is 1.72 bits per heavy atom. The standard InChI is InChI=1S/C24H23FN2O4S/c1-16(23(28)26-19-6-8-20(9-7-19)27-12-14-30-15-13-27)31-24(29)22-11-10-21(32-22)17-2-4-18(25)5-3-17/h2-11,16H,12-15H2,1H3,(H,26,28). The van der Waals surface area contributed by atoms with E-state index in [-0.39, 0.29) is 5.82 Å². The first-order chi connectivity index (χ1) is 15.5. The molecule has 6 nitrogen and oxygen atoms in total. The molecular weight excluding hydrogens is 431 g/mol. The molecule has 8 heteroatoms. The minimum absolute atomic E-state index is 0.319. The van der Waals surface area contributed by atoms with Crippen LogP contribution in [0.3, 0.4) is 0 Å². The number of thiophene rings is 1. The van der Waals surface area contributed by atoms with Gasteiger partial charge >= 0.3 is 5.97 Å². The molecule has 1 amide bonds. The van der Waals surface area contributed by atoms with Crippen LogP contribution < -0.4 is 10.2 Å². The number of nitrogens with zero attached hydrogens (tertiary/aromatic N) is 1. The van der Waals surface area contributed by atoms with Gasteiger partial charge in [-0.3, -0.25) is 4.79 Å². The number of hydrogen-bond donors (Lipinski definition) is 1. The van der Waals surface area contributed by atoms with E-state index in [1.165, 1.54) is 30.4 Å². The zero-order valence-corrected chi connectivity index (χ0v) is 18.4. The molecule has 32 heavy (non-hydrogen) atoms. The lowest BCUT2D eigenvalue weighted by atomic mass is 10.2. The predicted octanol–water partition coefficient (Wildman–Crippen LogP) is 4.57. The molecule has 1 N–H and O–H groups in total. The molecule has 1 unspecified atom stereocenters. The first kappa shape index (κ1) is 22.0. The summed E-state index contributed by atoms with van der Waals surface area (Å²) in [5, 5.41) is 2.77. The van der Waals surface area contributed by atoms with Crippen LogP contribution >= 0.6 is 11.3 Å². The average molecular weight is 455 g/mol. The number of nitrogens with one attached hydrogen (secondary N) is 1. The van der Waals surface area contributed by atoms with E-state index in [2.05, 4.69) is 10.2 Å². The topological polar surface area (TPSA) is 67.9 Å². The van der Waals surface area contributed by atoms with Gasteiger partial charge in [-0.25, -0.2) is 9.18 Å². The first-order valence-electron chi connectivity index (χ1n) is 10.3. The van der Waals surface area contributed by atoms with Crippen LogP contribution in [0.5, 0.6) is 0 Å². The van der Waals surface area contributed by atoms with Crippen LogP contribution in [0.25, 0.3) is 10.4 Å². The van der Waals surface area contributed by atoms with E-state index in [1.807, 2.05) is 24.3 Å². The number of halogens is 1. The number of hydrogen-bond acceptors (Lipinski definition) is 6. The average Bonchev–Trinajstić information content (AvgIpc) is 3.31. The number of carbonyl (C=O) groups is 2. The highest BCUT2D eigenvalue weighted by Crippen LogP contribution is 2.29. The van der Waals surface area contributed by atoms with E-state index in [0.717, 1.165) is 29.2 Å². The van der Waals surface area contributed by atoms with Gasteiger partial charge < -0.3 is 19.7 Å². The number of benzene rings is 2. The zero-order valence-electron chi connectivity index (χ0n) is 17.5. The normalized spacial score (nSPS) is 14.6. The lowest BCUT2D eigenvalue weighted by Crippen LogP contribution is -2.36. The van der Waals surface area contributed by atoms with Crippen molar-refractivity contribution in [2.45, 2.75) is 13.0 Å². The summed E-state index contributed by atoms with van der Waals surface area (Å²) in [5.74, 6) is -1.30. The van der Waals surface area contributed by atoms with Crippen LogP contribution in [0.4, 0.5) is 15.8 Å². The molecule has 1 fully saturated rings. The molecule has 2 aromatic carbocycles. The van der Waals surface area contributed by atoms with E-state index in [0.29, 0.717) is 23.8 Å². The number of amides is 1. The predicted molar refractivity (Wildman–Crippen MR) is 123 cm³/mol. The molecule has 1 saturated heterocycles. The Hall–Kier alpha value is -3.23. The summed E-state index contributed by atoms with van der Waals surface area (Å²) in [6, 6.07) is 17.0. The molecule has 1 aliphatic rings. The summed E-state index contributed by atoms with van der Waals surface area (Å²) < 4.78 is 23.8. The van der Waals surface area contributed by atoms with Crippen LogP contribution in [-0.4, -0.2) is 44.3 Å². The molecule has 0 radical (unpaired) electrons. The van der Waals surface area contributed by atoms with Gasteiger partial charge in [0, 0.05) is 29.3 Å². The second kappa shape index (κ2) is 9.93. The highest BCUT2D eigenvalue weighted by molar-refractivity contribution is 7.17. The van der Waals surface area contributed by atoms with Crippen molar-refractivity contribution in [2.75, 3.05) is 36.5 Å². The van der Waals surface area contributed by atoms with Crippen molar-refractivity contribution in [3.8, 4) is 10.4 Å².